The Kier molecular flexibility index (Phi) is 13.5. The first-order valence-corrected chi connectivity index (χ1v) is 11.6. The highest BCUT2D eigenvalue weighted by Gasteiger charge is 2.48. The maximum atomic E-state index is 12.4. The van der Waals surface area contributed by atoms with E-state index in [4.69, 9.17) is 5.11 Å². The summed E-state index contributed by atoms with van der Waals surface area (Å²) in [4.78, 5) is 23.5. The van der Waals surface area contributed by atoms with Gasteiger partial charge in [-0.15, -0.1) is 0 Å². The molecule has 0 spiro atoms. The van der Waals surface area contributed by atoms with Gasteiger partial charge in [0.05, 0.1) is 11.8 Å². The number of aliphatic carboxylic acids is 2. The Morgan fingerprint density at radius 3 is 1.71 bits per heavy atom. The van der Waals surface area contributed by atoms with Gasteiger partial charge in [0.1, 0.15) is 0 Å². The Morgan fingerprint density at radius 1 is 0.750 bits per heavy atom. The number of unbranched alkanes of at least 4 members (excludes halogenated alkanes) is 4. The summed E-state index contributed by atoms with van der Waals surface area (Å²) in [6.07, 6.45) is 10.7. The van der Waals surface area contributed by atoms with Crippen LogP contribution in [0.2, 0.25) is 0 Å². The fourth-order valence-electron chi connectivity index (χ4n) is 5.01. The highest BCUT2D eigenvalue weighted by Crippen LogP contribution is 2.51. The molecule has 0 aliphatic rings. The molecule has 0 aromatic heterocycles. The zero-order valence-electron chi connectivity index (χ0n) is 19.3. The third-order valence-electron chi connectivity index (χ3n) is 7.27. The van der Waals surface area contributed by atoms with E-state index in [-0.39, 0.29) is 5.41 Å². The Hall–Kier alpha value is -1.06. The van der Waals surface area contributed by atoms with Crippen LogP contribution in [0.25, 0.3) is 0 Å². The minimum absolute atomic E-state index is 0.214. The van der Waals surface area contributed by atoms with Crippen molar-refractivity contribution < 1.29 is 19.8 Å². The van der Waals surface area contributed by atoms with Crippen molar-refractivity contribution in [3.8, 4) is 0 Å². The van der Waals surface area contributed by atoms with Gasteiger partial charge in [-0.25, -0.2) is 0 Å². The predicted molar refractivity (Wildman–Crippen MR) is 116 cm³/mol. The Morgan fingerprint density at radius 2 is 1.29 bits per heavy atom. The van der Waals surface area contributed by atoms with Gasteiger partial charge in [0.25, 0.3) is 0 Å². The summed E-state index contributed by atoms with van der Waals surface area (Å²) in [5.74, 6) is -1.62. The van der Waals surface area contributed by atoms with Crippen molar-refractivity contribution >= 4 is 11.9 Å². The number of carboxylic acid groups (broad SMARTS) is 2. The second kappa shape index (κ2) is 14.0. The van der Waals surface area contributed by atoms with Crippen molar-refractivity contribution in [1.29, 1.82) is 0 Å². The molecule has 166 valence electrons. The number of hydrogen-bond acceptors (Lipinski definition) is 2. The summed E-state index contributed by atoms with van der Waals surface area (Å²) in [5, 5.41) is 19.3. The maximum absolute atomic E-state index is 12.4. The normalized spacial score (nSPS) is 18.1. The van der Waals surface area contributed by atoms with Gasteiger partial charge >= 0.3 is 11.9 Å². The number of hydrogen-bond donors (Lipinski definition) is 2. The zero-order valence-corrected chi connectivity index (χ0v) is 19.3. The van der Waals surface area contributed by atoms with Crippen LogP contribution in [0.4, 0.5) is 0 Å². The molecule has 0 aliphatic heterocycles. The molecular weight excluding hydrogens is 352 g/mol. The molecule has 4 heteroatoms. The third kappa shape index (κ3) is 7.75. The first-order chi connectivity index (χ1) is 13.2. The minimum atomic E-state index is -0.794. The standard InChI is InChI=1S/C24H46O4/c1-7-10-11-12-13-17-24(19(5)8-2,20(6)9-3)21(23(27)28)16-14-15-18(4)22(25)26/h18-21H,7-17H2,1-6H3,(H,25,26)(H,27,28). The van der Waals surface area contributed by atoms with E-state index in [1.165, 1.54) is 25.7 Å². The smallest absolute Gasteiger partial charge is 0.307 e. The largest absolute Gasteiger partial charge is 0.481 e. The number of carboxylic acids is 2. The highest BCUT2D eigenvalue weighted by atomic mass is 16.4. The van der Waals surface area contributed by atoms with Gasteiger partial charge < -0.3 is 10.2 Å². The molecule has 4 nitrogen and oxygen atoms in total. The van der Waals surface area contributed by atoms with Crippen LogP contribution in [0.3, 0.4) is 0 Å². The molecule has 0 amide bonds. The maximum Gasteiger partial charge on any atom is 0.307 e. The van der Waals surface area contributed by atoms with Crippen molar-refractivity contribution in [2.24, 2.45) is 29.1 Å². The molecular formula is C24H46O4. The Labute approximate surface area is 173 Å². The summed E-state index contributed by atoms with van der Waals surface area (Å²) < 4.78 is 0. The SMILES string of the molecule is CCCCCCCC(C(C)CC)(C(C)CC)C(CCCC(C)C(=O)O)C(=O)O. The van der Waals surface area contributed by atoms with E-state index < -0.39 is 23.8 Å². The molecule has 0 aromatic carbocycles. The van der Waals surface area contributed by atoms with Gasteiger partial charge in [-0.2, -0.15) is 0 Å². The fraction of sp³-hybridized carbons (Fsp3) is 0.917. The lowest BCUT2D eigenvalue weighted by atomic mass is 9.55. The number of carbonyl (C=O) groups is 2. The lowest BCUT2D eigenvalue weighted by Crippen LogP contribution is -2.46. The summed E-state index contributed by atoms with van der Waals surface area (Å²) in [7, 11) is 0. The fourth-order valence-corrected chi connectivity index (χ4v) is 5.01. The van der Waals surface area contributed by atoms with Crippen LogP contribution in [0.5, 0.6) is 0 Å². The molecule has 0 rings (SSSR count). The first-order valence-electron chi connectivity index (χ1n) is 11.6. The van der Waals surface area contributed by atoms with E-state index in [1.807, 2.05) is 0 Å². The van der Waals surface area contributed by atoms with Crippen LogP contribution < -0.4 is 0 Å². The summed E-state index contributed by atoms with van der Waals surface area (Å²) in [6.45, 7) is 12.7. The third-order valence-corrected chi connectivity index (χ3v) is 7.27. The number of rotatable bonds is 17. The molecule has 0 fully saturated rings. The van der Waals surface area contributed by atoms with E-state index in [2.05, 4.69) is 34.6 Å². The van der Waals surface area contributed by atoms with E-state index in [9.17, 15) is 14.7 Å². The molecule has 0 bridgehead atoms. The van der Waals surface area contributed by atoms with Crippen molar-refractivity contribution in [1.82, 2.24) is 0 Å². The van der Waals surface area contributed by atoms with Crippen LogP contribution in [-0.2, 0) is 9.59 Å². The first kappa shape index (κ1) is 26.9. The average molecular weight is 399 g/mol. The summed E-state index contributed by atoms with van der Waals surface area (Å²) >= 11 is 0. The van der Waals surface area contributed by atoms with Crippen molar-refractivity contribution in [3.05, 3.63) is 0 Å². The Balaban J connectivity index is 5.55. The van der Waals surface area contributed by atoms with Crippen molar-refractivity contribution in [3.63, 3.8) is 0 Å². The van der Waals surface area contributed by atoms with E-state index in [1.54, 1.807) is 6.92 Å². The van der Waals surface area contributed by atoms with Gasteiger partial charge in [-0.3, -0.25) is 9.59 Å². The Bertz CT molecular complexity index is 436. The quantitative estimate of drug-likeness (QED) is 0.258. The lowest BCUT2D eigenvalue weighted by molar-refractivity contribution is -0.153. The second-order valence-corrected chi connectivity index (χ2v) is 8.96. The van der Waals surface area contributed by atoms with Crippen LogP contribution >= 0.6 is 0 Å². The van der Waals surface area contributed by atoms with Crippen molar-refractivity contribution in [2.45, 2.75) is 112 Å². The molecule has 0 aromatic rings. The van der Waals surface area contributed by atoms with Crippen LogP contribution in [0, 0.1) is 29.1 Å². The van der Waals surface area contributed by atoms with Crippen LogP contribution in [0.15, 0.2) is 0 Å². The molecule has 2 N–H and O–H groups in total. The van der Waals surface area contributed by atoms with Crippen LogP contribution in [-0.4, -0.2) is 22.2 Å². The van der Waals surface area contributed by atoms with E-state index in [0.717, 1.165) is 25.7 Å². The summed E-state index contributed by atoms with van der Waals surface area (Å²) in [6, 6.07) is 0. The average Bonchev–Trinajstić information content (AvgIpc) is 2.67. The predicted octanol–water partition coefficient (Wildman–Crippen LogP) is 7.02. The topological polar surface area (TPSA) is 74.6 Å². The molecule has 28 heavy (non-hydrogen) atoms. The summed E-state index contributed by atoms with van der Waals surface area (Å²) in [5.41, 5.74) is -0.214. The molecule has 0 saturated carbocycles. The van der Waals surface area contributed by atoms with Crippen molar-refractivity contribution in [2.75, 3.05) is 0 Å². The molecule has 0 aliphatic carbocycles. The van der Waals surface area contributed by atoms with Gasteiger partial charge in [-0.1, -0.05) is 92.9 Å². The molecule has 4 atom stereocenters. The van der Waals surface area contributed by atoms with Gasteiger partial charge in [0.2, 0.25) is 0 Å². The molecule has 0 radical (unpaired) electrons. The van der Waals surface area contributed by atoms with Gasteiger partial charge in [0, 0.05) is 0 Å². The van der Waals surface area contributed by atoms with Crippen LogP contribution in [0.1, 0.15) is 112 Å². The van der Waals surface area contributed by atoms with E-state index in [0.29, 0.717) is 31.1 Å². The molecule has 0 saturated heterocycles. The zero-order chi connectivity index (χ0) is 21.7. The minimum Gasteiger partial charge on any atom is -0.481 e. The monoisotopic (exact) mass is 398 g/mol. The molecule has 4 unspecified atom stereocenters. The van der Waals surface area contributed by atoms with Gasteiger partial charge in [0.15, 0.2) is 0 Å². The van der Waals surface area contributed by atoms with Gasteiger partial charge in [-0.05, 0) is 36.5 Å². The molecule has 0 heterocycles. The van der Waals surface area contributed by atoms with E-state index >= 15 is 0 Å². The highest BCUT2D eigenvalue weighted by molar-refractivity contribution is 5.71. The lowest BCUT2D eigenvalue weighted by Gasteiger charge is -2.48. The second-order valence-electron chi connectivity index (χ2n) is 8.96.